The van der Waals surface area contributed by atoms with Gasteiger partial charge in [0, 0.05) is 24.4 Å². The predicted molar refractivity (Wildman–Crippen MR) is 192 cm³/mol. The number of unbranched alkanes of at least 4 members (excludes halogenated alkanes) is 5. The van der Waals surface area contributed by atoms with Crippen molar-refractivity contribution in [2.75, 3.05) is 37.8 Å². The second-order valence-corrected chi connectivity index (χ2v) is 12.5. The zero-order chi connectivity index (χ0) is 34.0. The number of carbonyl (C=O) groups excluding carboxylic acids is 2. The highest BCUT2D eigenvalue weighted by Gasteiger charge is 2.09. The molecule has 11 nitrogen and oxygen atoms in total. The smallest absolute Gasteiger partial charge is 0.330 e. The first-order valence-corrected chi connectivity index (χ1v) is 17.5. The number of ether oxygens (including phenoxy) is 3. The maximum atomic E-state index is 11.3. The van der Waals surface area contributed by atoms with Gasteiger partial charge in [0.05, 0.1) is 35.8 Å². The van der Waals surface area contributed by atoms with Gasteiger partial charge in [0.2, 0.25) is 5.13 Å². The van der Waals surface area contributed by atoms with Crippen LogP contribution in [0.2, 0.25) is 0 Å². The van der Waals surface area contributed by atoms with Gasteiger partial charge >= 0.3 is 11.9 Å². The van der Waals surface area contributed by atoms with E-state index in [-0.39, 0.29) is 12.6 Å². The summed E-state index contributed by atoms with van der Waals surface area (Å²) in [5, 5.41) is 18.8. The molecule has 0 fully saturated rings. The van der Waals surface area contributed by atoms with Crippen molar-refractivity contribution in [1.82, 2.24) is 4.98 Å². The average Bonchev–Trinajstić information content (AvgIpc) is 3.68. The molecule has 0 bridgehead atoms. The van der Waals surface area contributed by atoms with Gasteiger partial charge in [-0.1, -0.05) is 61.5 Å². The molecular weight excluding hydrogens is 649 g/mol. The summed E-state index contributed by atoms with van der Waals surface area (Å²) >= 11 is 2.90. The van der Waals surface area contributed by atoms with E-state index in [2.05, 4.69) is 43.5 Å². The summed E-state index contributed by atoms with van der Waals surface area (Å²) in [4.78, 5) is 29.8. The molecule has 0 spiro atoms. The number of anilines is 1. The standard InChI is InChI=1S/C35H40N6O5S2/c1-4-32(42)45-23-12-10-8-7-9-11-22-44-29-19-15-27(16-20-29)37-39-31-25-30-34(48-31)36-35(47-30)40-38-26-13-17-28(18-14-26)41(6-3)21-24-46-33(43)5-2/h4-5,13-20,25H,1-2,6-12,21-24H2,3H3. The molecule has 0 aliphatic heterocycles. The highest BCUT2D eigenvalue weighted by atomic mass is 32.1. The molecule has 0 saturated carbocycles. The number of thiophene rings is 1. The second-order valence-electron chi connectivity index (χ2n) is 10.5. The van der Waals surface area contributed by atoms with Gasteiger partial charge in [0.1, 0.15) is 22.2 Å². The van der Waals surface area contributed by atoms with Crippen molar-refractivity contribution in [2.24, 2.45) is 20.5 Å². The first-order valence-electron chi connectivity index (χ1n) is 15.9. The predicted octanol–water partition coefficient (Wildman–Crippen LogP) is 10.2. The van der Waals surface area contributed by atoms with E-state index in [9.17, 15) is 9.59 Å². The highest BCUT2D eigenvalue weighted by Crippen LogP contribution is 2.39. The lowest BCUT2D eigenvalue weighted by Crippen LogP contribution is -2.27. The zero-order valence-corrected chi connectivity index (χ0v) is 28.7. The maximum Gasteiger partial charge on any atom is 0.330 e. The van der Waals surface area contributed by atoms with Gasteiger partial charge in [-0.2, -0.15) is 0 Å². The molecule has 0 radical (unpaired) electrons. The van der Waals surface area contributed by atoms with E-state index in [1.54, 1.807) is 0 Å². The highest BCUT2D eigenvalue weighted by molar-refractivity contribution is 7.30. The van der Waals surface area contributed by atoms with Crippen LogP contribution in [0.4, 0.5) is 27.2 Å². The summed E-state index contributed by atoms with van der Waals surface area (Å²) in [5.41, 5.74) is 2.46. The van der Waals surface area contributed by atoms with Gasteiger partial charge in [-0.05, 0) is 74.4 Å². The number of aromatic nitrogens is 1. The van der Waals surface area contributed by atoms with Gasteiger partial charge in [0.15, 0.2) is 0 Å². The molecule has 0 N–H and O–H groups in total. The van der Waals surface area contributed by atoms with Crippen molar-refractivity contribution in [3.8, 4) is 5.75 Å². The third-order valence-corrected chi connectivity index (χ3v) is 8.93. The van der Waals surface area contributed by atoms with Crippen LogP contribution in [0.3, 0.4) is 0 Å². The van der Waals surface area contributed by atoms with Crippen LogP contribution >= 0.6 is 22.7 Å². The fraction of sp³-hybridized carbons (Fsp3) is 0.343. The normalized spacial score (nSPS) is 11.3. The Balaban J connectivity index is 1.17. The Morgan fingerprint density at radius 2 is 1.38 bits per heavy atom. The van der Waals surface area contributed by atoms with Crippen LogP contribution in [-0.4, -0.2) is 49.8 Å². The first kappa shape index (κ1) is 36.1. The number of azo groups is 2. The summed E-state index contributed by atoms with van der Waals surface area (Å²) in [5.74, 6) is 0.0262. The van der Waals surface area contributed by atoms with E-state index in [4.69, 9.17) is 14.2 Å². The van der Waals surface area contributed by atoms with Crippen molar-refractivity contribution in [3.63, 3.8) is 0 Å². The molecule has 4 aromatic rings. The quantitative estimate of drug-likeness (QED) is 0.0369. The largest absolute Gasteiger partial charge is 0.494 e. The van der Waals surface area contributed by atoms with E-state index in [0.717, 1.165) is 82.8 Å². The van der Waals surface area contributed by atoms with E-state index in [0.29, 0.717) is 30.6 Å². The molecule has 0 unspecified atom stereocenters. The number of hydrogen-bond donors (Lipinski definition) is 0. The minimum absolute atomic E-state index is 0.289. The van der Waals surface area contributed by atoms with Crippen LogP contribution in [0.5, 0.6) is 5.75 Å². The lowest BCUT2D eigenvalue weighted by Gasteiger charge is -2.22. The molecule has 13 heteroatoms. The van der Waals surface area contributed by atoms with Crippen LogP contribution in [0.15, 0.2) is 100 Å². The number of hydrogen-bond acceptors (Lipinski definition) is 13. The monoisotopic (exact) mass is 688 g/mol. The summed E-state index contributed by atoms with van der Waals surface area (Å²) < 4.78 is 16.9. The molecule has 252 valence electrons. The van der Waals surface area contributed by atoms with Crippen molar-refractivity contribution < 1.29 is 23.8 Å². The van der Waals surface area contributed by atoms with Crippen LogP contribution in [0, 0.1) is 0 Å². The molecule has 0 atom stereocenters. The number of esters is 2. The fourth-order valence-corrected chi connectivity index (χ4v) is 6.32. The average molecular weight is 689 g/mol. The number of likely N-dealkylation sites (N-methyl/N-ethyl adjacent to an activating group) is 1. The van der Waals surface area contributed by atoms with Crippen molar-refractivity contribution in [2.45, 2.75) is 45.4 Å². The summed E-state index contributed by atoms with van der Waals surface area (Å²) in [6.45, 7) is 11.6. The Labute approximate surface area is 288 Å². The summed E-state index contributed by atoms with van der Waals surface area (Å²) in [7, 11) is 0. The van der Waals surface area contributed by atoms with Gasteiger partial charge in [-0.3, -0.25) is 0 Å². The van der Waals surface area contributed by atoms with E-state index >= 15 is 0 Å². The number of fused-ring (bicyclic) bond motifs is 1. The minimum Gasteiger partial charge on any atom is -0.494 e. The zero-order valence-electron chi connectivity index (χ0n) is 27.1. The number of rotatable bonds is 21. The van der Waals surface area contributed by atoms with Gasteiger partial charge in [0.25, 0.3) is 0 Å². The third kappa shape index (κ3) is 12.1. The first-order chi connectivity index (χ1) is 23.5. The number of benzene rings is 2. The van der Waals surface area contributed by atoms with Crippen molar-refractivity contribution in [3.05, 3.63) is 79.9 Å². The number of thiazole rings is 1. The van der Waals surface area contributed by atoms with Gasteiger partial charge < -0.3 is 19.1 Å². The Morgan fingerprint density at radius 3 is 2.02 bits per heavy atom. The molecule has 2 heterocycles. The molecule has 48 heavy (non-hydrogen) atoms. The summed E-state index contributed by atoms with van der Waals surface area (Å²) in [6.07, 6.45) is 8.62. The Hall–Kier alpha value is -4.75. The molecule has 0 aliphatic rings. The number of carbonyl (C=O) groups is 2. The lowest BCUT2D eigenvalue weighted by molar-refractivity contribution is -0.138. The third-order valence-electron chi connectivity index (χ3n) is 7.00. The van der Waals surface area contributed by atoms with Crippen LogP contribution in [0.25, 0.3) is 9.53 Å². The van der Waals surface area contributed by atoms with Gasteiger partial charge in [-0.15, -0.1) is 20.5 Å². The van der Waals surface area contributed by atoms with E-state index in [1.807, 2.05) is 61.5 Å². The Morgan fingerprint density at radius 1 is 0.771 bits per heavy atom. The number of nitrogens with zero attached hydrogens (tertiary/aromatic N) is 6. The van der Waals surface area contributed by atoms with Crippen molar-refractivity contribution in [1.29, 1.82) is 0 Å². The Bertz CT molecular complexity index is 1650. The SMILES string of the molecule is C=CC(=O)OCCCCCCCCOc1ccc(N=Nc2cc3sc(N=Nc4ccc(N(CC)CCOC(=O)C=C)cc4)nc3s2)cc1. The molecule has 0 aliphatic carbocycles. The van der Waals surface area contributed by atoms with Crippen LogP contribution in [-0.2, 0) is 19.1 Å². The van der Waals surface area contributed by atoms with E-state index in [1.165, 1.54) is 28.7 Å². The second kappa shape index (κ2) is 19.8. The molecule has 2 aromatic carbocycles. The van der Waals surface area contributed by atoms with Gasteiger partial charge in [-0.25, -0.2) is 14.6 Å². The van der Waals surface area contributed by atoms with Crippen molar-refractivity contribution >= 4 is 71.3 Å². The molecule has 2 aromatic heterocycles. The van der Waals surface area contributed by atoms with Crippen LogP contribution in [0.1, 0.15) is 45.4 Å². The maximum absolute atomic E-state index is 11.3. The molecule has 4 rings (SSSR count). The summed E-state index contributed by atoms with van der Waals surface area (Å²) in [6, 6.07) is 17.3. The molecule has 0 saturated heterocycles. The molecule has 0 amide bonds. The topological polar surface area (TPSA) is 127 Å². The van der Waals surface area contributed by atoms with Crippen LogP contribution < -0.4 is 9.64 Å². The minimum atomic E-state index is -0.424. The fourth-order valence-electron chi connectivity index (χ4n) is 4.47. The van der Waals surface area contributed by atoms with E-state index < -0.39 is 5.97 Å². The Kier molecular flexibility index (Phi) is 14.9. The lowest BCUT2D eigenvalue weighted by atomic mass is 10.1. The molecular formula is C35H40N6O5S2.